The summed E-state index contributed by atoms with van der Waals surface area (Å²) >= 11 is 0. The third kappa shape index (κ3) is 6.66. The standard InChI is InChI=1S/C30H28F4O/c1-2-3-4-5-21-6-11-23(12-7-21)25-16-19-28-26(20-25)15-14-24(29(28)31)13-8-22-9-17-27(18-10-22)35-30(32,33)34/h2-3,9-10,14-21,23H,4-7,11-12H2,1H3/b3-2+. The van der Waals surface area contributed by atoms with Crippen LogP contribution in [0.3, 0.4) is 0 Å². The first-order chi connectivity index (χ1) is 16.8. The van der Waals surface area contributed by atoms with Crippen LogP contribution in [0.1, 0.15) is 68.1 Å². The lowest BCUT2D eigenvalue weighted by Crippen LogP contribution is -2.16. The number of hydrogen-bond donors (Lipinski definition) is 0. The first-order valence-electron chi connectivity index (χ1n) is 12.0. The van der Waals surface area contributed by atoms with E-state index in [0.717, 1.165) is 17.7 Å². The van der Waals surface area contributed by atoms with Crippen LogP contribution in [0.25, 0.3) is 10.8 Å². The SMILES string of the molecule is C/C=C/CCC1CCC(c2ccc3c(F)c(C#Cc4ccc(OC(F)(F)F)cc4)ccc3c2)CC1. The lowest BCUT2D eigenvalue weighted by atomic mass is 9.77. The minimum absolute atomic E-state index is 0.252. The average molecular weight is 481 g/mol. The first-order valence-corrected chi connectivity index (χ1v) is 12.0. The lowest BCUT2D eigenvalue weighted by Gasteiger charge is -2.28. The molecule has 0 saturated heterocycles. The molecule has 5 heteroatoms. The van der Waals surface area contributed by atoms with Gasteiger partial charge in [0.15, 0.2) is 0 Å². The summed E-state index contributed by atoms with van der Waals surface area (Å²) in [6.07, 6.45) is 6.86. The number of fused-ring (bicyclic) bond motifs is 1. The molecule has 0 unspecified atom stereocenters. The zero-order chi connectivity index (χ0) is 24.8. The Bertz CT molecular complexity index is 1240. The molecule has 4 rings (SSSR count). The zero-order valence-electron chi connectivity index (χ0n) is 19.7. The second-order valence-corrected chi connectivity index (χ2v) is 9.09. The maximum Gasteiger partial charge on any atom is 0.573 e. The van der Waals surface area contributed by atoms with Gasteiger partial charge < -0.3 is 4.74 Å². The minimum atomic E-state index is -4.74. The van der Waals surface area contributed by atoms with Crippen molar-refractivity contribution in [3.8, 4) is 17.6 Å². The summed E-state index contributed by atoms with van der Waals surface area (Å²) < 4.78 is 55.9. The average Bonchev–Trinajstić information content (AvgIpc) is 2.84. The minimum Gasteiger partial charge on any atom is -0.406 e. The van der Waals surface area contributed by atoms with Gasteiger partial charge in [-0.15, -0.1) is 13.2 Å². The van der Waals surface area contributed by atoms with Gasteiger partial charge >= 0.3 is 6.36 Å². The molecule has 1 fully saturated rings. The van der Waals surface area contributed by atoms with E-state index in [4.69, 9.17) is 0 Å². The van der Waals surface area contributed by atoms with E-state index in [1.807, 2.05) is 18.2 Å². The maximum absolute atomic E-state index is 15.1. The fourth-order valence-electron chi connectivity index (χ4n) is 4.82. The van der Waals surface area contributed by atoms with Gasteiger partial charge in [0, 0.05) is 10.9 Å². The van der Waals surface area contributed by atoms with Crippen LogP contribution in [0.4, 0.5) is 17.6 Å². The molecule has 0 atom stereocenters. The van der Waals surface area contributed by atoms with Crippen LogP contribution in [0.15, 0.2) is 66.7 Å². The molecule has 3 aromatic carbocycles. The van der Waals surface area contributed by atoms with Gasteiger partial charge in [0.2, 0.25) is 0 Å². The molecule has 1 aliphatic carbocycles. The van der Waals surface area contributed by atoms with Crippen molar-refractivity contribution < 1.29 is 22.3 Å². The number of rotatable bonds is 5. The number of ether oxygens (including phenoxy) is 1. The van der Waals surface area contributed by atoms with E-state index in [2.05, 4.69) is 41.7 Å². The highest BCUT2D eigenvalue weighted by molar-refractivity contribution is 5.85. The van der Waals surface area contributed by atoms with Crippen molar-refractivity contribution in [1.82, 2.24) is 0 Å². The van der Waals surface area contributed by atoms with Crippen LogP contribution < -0.4 is 4.74 Å². The molecule has 182 valence electrons. The van der Waals surface area contributed by atoms with Gasteiger partial charge in [-0.3, -0.25) is 0 Å². The van der Waals surface area contributed by atoms with Crippen molar-refractivity contribution in [2.24, 2.45) is 5.92 Å². The lowest BCUT2D eigenvalue weighted by molar-refractivity contribution is -0.274. The van der Waals surface area contributed by atoms with Gasteiger partial charge in [-0.1, -0.05) is 48.3 Å². The summed E-state index contributed by atoms with van der Waals surface area (Å²) in [7, 11) is 0. The van der Waals surface area contributed by atoms with Crippen LogP contribution in [-0.2, 0) is 0 Å². The summed E-state index contributed by atoms with van der Waals surface area (Å²) in [6, 6.07) is 14.7. The zero-order valence-corrected chi connectivity index (χ0v) is 19.7. The molecular formula is C30H28F4O. The van der Waals surface area contributed by atoms with Crippen molar-refractivity contribution in [1.29, 1.82) is 0 Å². The van der Waals surface area contributed by atoms with Crippen molar-refractivity contribution in [2.45, 2.75) is 57.7 Å². The summed E-state index contributed by atoms with van der Waals surface area (Å²) in [5, 5.41) is 1.38. The number of hydrogen-bond acceptors (Lipinski definition) is 1. The Morgan fingerprint density at radius 3 is 2.37 bits per heavy atom. The molecule has 0 amide bonds. The molecule has 0 radical (unpaired) electrons. The van der Waals surface area contributed by atoms with E-state index in [1.54, 1.807) is 6.07 Å². The summed E-state index contributed by atoms with van der Waals surface area (Å²) in [4.78, 5) is 0. The molecule has 1 aliphatic rings. The third-order valence-corrected chi connectivity index (χ3v) is 6.70. The molecule has 0 heterocycles. The Labute approximate surface area is 203 Å². The molecule has 1 nitrogen and oxygen atoms in total. The summed E-state index contributed by atoms with van der Waals surface area (Å²) in [6.45, 7) is 2.06. The maximum atomic E-state index is 15.1. The Kier molecular flexibility index (Phi) is 7.80. The second-order valence-electron chi connectivity index (χ2n) is 9.09. The topological polar surface area (TPSA) is 9.23 Å². The molecule has 0 aromatic heterocycles. The number of halogens is 4. The fraction of sp³-hybridized carbons (Fsp3) is 0.333. The van der Waals surface area contributed by atoms with Gasteiger partial charge in [0.25, 0.3) is 0 Å². The molecular weight excluding hydrogens is 452 g/mol. The quantitative estimate of drug-likeness (QED) is 0.201. The Morgan fingerprint density at radius 1 is 0.943 bits per heavy atom. The Balaban J connectivity index is 1.45. The van der Waals surface area contributed by atoms with E-state index in [-0.39, 0.29) is 17.1 Å². The number of alkyl halides is 3. The molecule has 1 saturated carbocycles. The van der Waals surface area contributed by atoms with Crippen LogP contribution in [0.2, 0.25) is 0 Å². The number of allylic oxidation sites excluding steroid dienone is 2. The summed E-state index contributed by atoms with van der Waals surface area (Å²) in [5.74, 6) is 6.22. The van der Waals surface area contributed by atoms with Crippen LogP contribution >= 0.6 is 0 Å². The van der Waals surface area contributed by atoms with Gasteiger partial charge in [-0.2, -0.15) is 0 Å². The highest BCUT2D eigenvalue weighted by Crippen LogP contribution is 2.38. The molecule has 0 bridgehead atoms. The van der Waals surface area contributed by atoms with E-state index in [0.29, 0.717) is 16.9 Å². The van der Waals surface area contributed by atoms with E-state index < -0.39 is 6.36 Å². The van der Waals surface area contributed by atoms with Gasteiger partial charge in [0.1, 0.15) is 11.6 Å². The largest absolute Gasteiger partial charge is 0.573 e. The van der Waals surface area contributed by atoms with Gasteiger partial charge in [-0.25, -0.2) is 4.39 Å². The van der Waals surface area contributed by atoms with E-state index in [1.165, 1.54) is 61.9 Å². The van der Waals surface area contributed by atoms with Crippen molar-refractivity contribution >= 4 is 10.8 Å². The Morgan fingerprint density at radius 2 is 1.69 bits per heavy atom. The predicted octanol–water partition coefficient (Wildman–Crippen LogP) is 8.91. The normalized spacial score (nSPS) is 18.4. The monoisotopic (exact) mass is 480 g/mol. The van der Waals surface area contributed by atoms with Crippen LogP contribution in [0, 0.1) is 23.6 Å². The molecule has 35 heavy (non-hydrogen) atoms. The van der Waals surface area contributed by atoms with Gasteiger partial charge in [0.05, 0.1) is 5.56 Å². The third-order valence-electron chi connectivity index (χ3n) is 6.70. The van der Waals surface area contributed by atoms with Crippen LogP contribution in [0.5, 0.6) is 5.75 Å². The molecule has 0 N–H and O–H groups in total. The summed E-state index contributed by atoms with van der Waals surface area (Å²) in [5.41, 5.74) is 1.99. The second kappa shape index (κ2) is 11.0. The molecule has 0 spiro atoms. The van der Waals surface area contributed by atoms with Crippen LogP contribution in [-0.4, -0.2) is 6.36 Å². The first kappa shape index (κ1) is 24.9. The van der Waals surface area contributed by atoms with E-state index in [9.17, 15) is 13.2 Å². The molecule has 0 aliphatic heterocycles. The highest BCUT2D eigenvalue weighted by Gasteiger charge is 2.31. The fourth-order valence-corrected chi connectivity index (χ4v) is 4.82. The smallest absolute Gasteiger partial charge is 0.406 e. The molecule has 3 aromatic rings. The van der Waals surface area contributed by atoms with E-state index >= 15 is 4.39 Å². The number of benzene rings is 3. The van der Waals surface area contributed by atoms with Gasteiger partial charge in [-0.05, 0) is 98.6 Å². The highest BCUT2D eigenvalue weighted by atomic mass is 19.4. The van der Waals surface area contributed by atoms with Crippen molar-refractivity contribution in [3.05, 3.63) is 89.3 Å². The Hall–Kier alpha value is -3.26. The van der Waals surface area contributed by atoms with Crippen molar-refractivity contribution in [2.75, 3.05) is 0 Å². The van der Waals surface area contributed by atoms with Crippen molar-refractivity contribution in [3.63, 3.8) is 0 Å². The predicted molar refractivity (Wildman–Crippen MR) is 132 cm³/mol.